The third-order valence-corrected chi connectivity index (χ3v) is 3.78. The summed E-state index contributed by atoms with van der Waals surface area (Å²) in [6, 6.07) is 6.30. The van der Waals surface area contributed by atoms with Gasteiger partial charge in [0.1, 0.15) is 0 Å². The Bertz CT molecular complexity index is 541. The van der Waals surface area contributed by atoms with E-state index in [2.05, 4.69) is 44.0 Å². The van der Waals surface area contributed by atoms with E-state index in [0.29, 0.717) is 6.42 Å². The van der Waals surface area contributed by atoms with E-state index in [1.54, 1.807) is 0 Å². The second-order valence-electron chi connectivity index (χ2n) is 5.44. The van der Waals surface area contributed by atoms with Gasteiger partial charge in [-0.1, -0.05) is 45.0 Å². The fraction of sp³-hybridized carbons (Fsp3) is 0.500. The largest absolute Gasteiger partial charge is 0.294 e. The highest BCUT2D eigenvalue weighted by Gasteiger charge is 2.09. The third-order valence-electron chi connectivity index (χ3n) is 3.78. The highest BCUT2D eigenvalue weighted by molar-refractivity contribution is 5.97. The van der Waals surface area contributed by atoms with Crippen molar-refractivity contribution in [2.45, 2.75) is 59.8 Å². The molecule has 1 aromatic carbocycles. The number of aryl methyl sites for hydroxylation is 2. The molecule has 0 saturated heterocycles. The average Bonchev–Trinajstić information content (AvgIpc) is 2.56. The molecule has 0 unspecified atom stereocenters. The molecule has 22 heavy (non-hydrogen) atoms. The quantitative estimate of drug-likeness (QED) is 0.455. The maximum atomic E-state index is 11.9. The van der Waals surface area contributed by atoms with Crippen LogP contribution in [-0.4, -0.2) is 18.5 Å². The van der Waals surface area contributed by atoms with Gasteiger partial charge in [0.05, 0.1) is 0 Å². The SMILES string of the molecule is CC/C=C(\C=NCC)CCc1ccc(C(=O)CC)c(CC)c1. The molecule has 120 valence electrons. The minimum absolute atomic E-state index is 0.241. The molecule has 0 amide bonds. The number of hydrogen-bond donors (Lipinski definition) is 0. The van der Waals surface area contributed by atoms with Crippen molar-refractivity contribution in [1.29, 1.82) is 0 Å². The molecule has 0 aliphatic carbocycles. The Morgan fingerprint density at radius 2 is 1.95 bits per heavy atom. The van der Waals surface area contributed by atoms with Crippen molar-refractivity contribution >= 4 is 12.0 Å². The number of carbonyl (C=O) groups excluding carboxylic acids is 1. The molecule has 0 atom stereocenters. The van der Waals surface area contributed by atoms with Crippen LogP contribution < -0.4 is 0 Å². The van der Waals surface area contributed by atoms with E-state index in [4.69, 9.17) is 0 Å². The Kier molecular flexibility index (Phi) is 8.42. The molecule has 0 aromatic heterocycles. The van der Waals surface area contributed by atoms with E-state index >= 15 is 0 Å². The van der Waals surface area contributed by atoms with Crippen LogP contribution in [0.4, 0.5) is 0 Å². The Labute approximate surface area is 135 Å². The van der Waals surface area contributed by atoms with Crippen LogP contribution in [0.5, 0.6) is 0 Å². The fourth-order valence-electron chi connectivity index (χ4n) is 2.54. The van der Waals surface area contributed by atoms with Crippen LogP contribution in [0.2, 0.25) is 0 Å². The lowest BCUT2D eigenvalue weighted by Crippen LogP contribution is -2.03. The van der Waals surface area contributed by atoms with Crippen molar-refractivity contribution in [3.8, 4) is 0 Å². The lowest BCUT2D eigenvalue weighted by molar-refractivity contribution is 0.0987. The predicted octanol–water partition coefficient (Wildman–Crippen LogP) is 5.20. The zero-order valence-corrected chi connectivity index (χ0v) is 14.5. The van der Waals surface area contributed by atoms with E-state index in [1.165, 1.54) is 16.7 Å². The van der Waals surface area contributed by atoms with Crippen LogP contribution in [-0.2, 0) is 12.8 Å². The summed E-state index contributed by atoms with van der Waals surface area (Å²) in [6.45, 7) is 9.07. The summed E-state index contributed by atoms with van der Waals surface area (Å²) in [5, 5.41) is 0. The van der Waals surface area contributed by atoms with Gasteiger partial charge in [-0.2, -0.15) is 0 Å². The number of ketones is 1. The van der Waals surface area contributed by atoms with Crippen LogP contribution in [0.15, 0.2) is 34.8 Å². The molecular formula is C20H29NO. The van der Waals surface area contributed by atoms with Crippen molar-refractivity contribution < 1.29 is 4.79 Å². The number of benzene rings is 1. The first kappa shape index (κ1) is 18.3. The van der Waals surface area contributed by atoms with Gasteiger partial charge in [0.25, 0.3) is 0 Å². The van der Waals surface area contributed by atoms with Crippen molar-refractivity contribution in [3.05, 3.63) is 46.5 Å². The molecule has 0 fully saturated rings. The summed E-state index contributed by atoms with van der Waals surface area (Å²) in [5.74, 6) is 0.241. The molecule has 0 aliphatic rings. The topological polar surface area (TPSA) is 29.4 Å². The molecule has 0 saturated carbocycles. The minimum atomic E-state index is 0.241. The summed E-state index contributed by atoms with van der Waals surface area (Å²) >= 11 is 0. The zero-order valence-electron chi connectivity index (χ0n) is 14.5. The maximum absolute atomic E-state index is 11.9. The van der Waals surface area contributed by atoms with Gasteiger partial charge in [0.15, 0.2) is 5.78 Å². The third kappa shape index (κ3) is 5.59. The Morgan fingerprint density at radius 1 is 1.18 bits per heavy atom. The van der Waals surface area contributed by atoms with Gasteiger partial charge in [-0.3, -0.25) is 9.79 Å². The fourth-order valence-corrected chi connectivity index (χ4v) is 2.54. The molecule has 0 heterocycles. The van der Waals surface area contributed by atoms with Crippen LogP contribution in [0.1, 0.15) is 68.4 Å². The number of aliphatic imine (C=N–C) groups is 1. The number of nitrogens with zero attached hydrogens (tertiary/aromatic N) is 1. The molecule has 1 aromatic rings. The monoisotopic (exact) mass is 299 g/mol. The first-order valence-electron chi connectivity index (χ1n) is 8.49. The Hall–Kier alpha value is -1.70. The Balaban J connectivity index is 2.83. The van der Waals surface area contributed by atoms with Crippen molar-refractivity contribution in [2.75, 3.05) is 6.54 Å². The second-order valence-corrected chi connectivity index (χ2v) is 5.44. The molecule has 2 heteroatoms. The number of hydrogen-bond acceptors (Lipinski definition) is 2. The molecule has 0 radical (unpaired) electrons. The van der Waals surface area contributed by atoms with Crippen LogP contribution >= 0.6 is 0 Å². The molecular weight excluding hydrogens is 270 g/mol. The van der Waals surface area contributed by atoms with Gasteiger partial charge in [-0.05, 0) is 49.3 Å². The predicted molar refractivity (Wildman–Crippen MR) is 96.2 cm³/mol. The second kappa shape index (κ2) is 10.1. The Morgan fingerprint density at radius 3 is 2.55 bits per heavy atom. The summed E-state index contributed by atoms with van der Waals surface area (Å²) in [7, 11) is 0. The number of Topliss-reactive ketones (excluding diaryl/α,β-unsaturated/α-hetero) is 1. The first-order chi connectivity index (χ1) is 10.7. The van der Waals surface area contributed by atoms with Gasteiger partial charge in [-0.15, -0.1) is 0 Å². The van der Waals surface area contributed by atoms with E-state index in [1.807, 2.05) is 19.2 Å². The summed E-state index contributed by atoms with van der Waals surface area (Å²) in [4.78, 5) is 16.3. The lowest BCUT2D eigenvalue weighted by atomic mass is 9.95. The summed E-state index contributed by atoms with van der Waals surface area (Å²) in [6.07, 6.45) is 8.76. The lowest BCUT2D eigenvalue weighted by Gasteiger charge is -2.09. The standard InChI is InChI=1S/C20H29NO/c1-5-9-17(15-21-8-4)11-10-16-12-13-19(20(22)7-3)18(6-2)14-16/h9,12-15H,5-8,10-11H2,1-4H3/b17-9-,21-15?. The van der Waals surface area contributed by atoms with Crippen molar-refractivity contribution in [3.63, 3.8) is 0 Å². The van der Waals surface area contributed by atoms with Crippen molar-refractivity contribution in [1.82, 2.24) is 0 Å². The highest BCUT2D eigenvalue weighted by Crippen LogP contribution is 2.17. The van der Waals surface area contributed by atoms with Crippen LogP contribution in [0.25, 0.3) is 0 Å². The molecule has 1 rings (SSSR count). The van der Waals surface area contributed by atoms with Gasteiger partial charge < -0.3 is 0 Å². The number of carbonyl (C=O) groups is 1. The van der Waals surface area contributed by atoms with Gasteiger partial charge in [0.2, 0.25) is 0 Å². The molecule has 0 aliphatic heterocycles. The molecule has 2 nitrogen and oxygen atoms in total. The first-order valence-corrected chi connectivity index (χ1v) is 8.49. The van der Waals surface area contributed by atoms with E-state index in [0.717, 1.165) is 37.8 Å². The summed E-state index contributed by atoms with van der Waals surface area (Å²) < 4.78 is 0. The van der Waals surface area contributed by atoms with E-state index in [9.17, 15) is 4.79 Å². The van der Waals surface area contributed by atoms with Crippen LogP contribution in [0.3, 0.4) is 0 Å². The summed E-state index contributed by atoms with van der Waals surface area (Å²) in [5.41, 5.74) is 4.67. The minimum Gasteiger partial charge on any atom is -0.294 e. The molecule has 0 bridgehead atoms. The van der Waals surface area contributed by atoms with Crippen molar-refractivity contribution in [2.24, 2.45) is 4.99 Å². The highest BCUT2D eigenvalue weighted by atomic mass is 16.1. The van der Waals surface area contributed by atoms with Gasteiger partial charge >= 0.3 is 0 Å². The molecule has 0 spiro atoms. The van der Waals surface area contributed by atoms with E-state index in [-0.39, 0.29) is 5.78 Å². The molecule has 0 N–H and O–H groups in total. The zero-order chi connectivity index (χ0) is 16.4. The van der Waals surface area contributed by atoms with Gasteiger partial charge in [0, 0.05) is 24.7 Å². The smallest absolute Gasteiger partial charge is 0.162 e. The normalized spacial score (nSPS) is 12.1. The number of rotatable bonds is 9. The van der Waals surface area contributed by atoms with Crippen LogP contribution in [0, 0.1) is 0 Å². The number of allylic oxidation sites excluding steroid dienone is 2. The average molecular weight is 299 g/mol. The van der Waals surface area contributed by atoms with Gasteiger partial charge in [-0.25, -0.2) is 0 Å². The van der Waals surface area contributed by atoms with E-state index < -0.39 is 0 Å². The maximum Gasteiger partial charge on any atom is 0.162 e.